The Hall–Kier alpha value is -1.82. The highest BCUT2D eigenvalue weighted by Gasteiger charge is 2.17. The van der Waals surface area contributed by atoms with Gasteiger partial charge in [0.05, 0.1) is 5.75 Å². The van der Waals surface area contributed by atoms with Gasteiger partial charge in [0.1, 0.15) is 0 Å². The highest BCUT2D eigenvalue weighted by atomic mass is 32.2. The molecule has 0 radical (unpaired) electrons. The molecule has 0 saturated carbocycles. The lowest BCUT2D eigenvalue weighted by atomic mass is 10.1. The maximum atomic E-state index is 12.3. The van der Waals surface area contributed by atoms with Crippen LogP contribution in [0.4, 0.5) is 0 Å². The van der Waals surface area contributed by atoms with E-state index in [0.717, 1.165) is 37.1 Å². The van der Waals surface area contributed by atoms with Crippen LogP contribution in [0.25, 0.3) is 11.5 Å². The molecule has 0 unspecified atom stereocenters. The number of benzene rings is 1. The Morgan fingerprint density at radius 2 is 1.91 bits per heavy atom. The third-order valence-corrected chi connectivity index (χ3v) is 4.86. The molecule has 23 heavy (non-hydrogen) atoms. The predicted molar refractivity (Wildman–Crippen MR) is 90.2 cm³/mol. The number of aryl methyl sites for hydroxylation is 1. The van der Waals surface area contributed by atoms with Crippen molar-refractivity contribution < 1.29 is 9.21 Å². The number of hydrogen-bond acceptors (Lipinski definition) is 5. The van der Waals surface area contributed by atoms with Gasteiger partial charge in [0.2, 0.25) is 11.8 Å². The van der Waals surface area contributed by atoms with E-state index < -0.39 is 0 Å². The lowest BCUT2D eigenvalue weighted by molar-refractivity contribution is -0.128. The van der Waals surface area contributed by atoms with Crippen molar-refractivity contribution in [3.05, 3.63) is 29.8 Å². The van der Waals surface area contributed by atoms with Gasteiger partial charge in [-0.2, -0.15) is 0 Å². The summed E-state index contributed by atoms with van der Waals surface area (Å²) in [6.07, 6.45) is 4.66. The van der Waals surface area contributed by atoms with E-state index in [2.05, 4.69) is 10.2 Å². The average molecular weight is 331 g/mol. The molecular weight excluding hydrogens is 310 g/mol. The average Bonchev–Trinajstić information content (AvgIpc) is 2.86. The van der Waals surface area contributed by atoms with Crippen LogP contribution in [0, 0.1) is 6.92 Å². The summed E-state index contributed by atoms with van der Waals surface area (Å²) in [5, 5.41) is 8.59. The largest absolute Gasteiger partial charge is 0.411 e. The van der Waals surface area contributed by atoms with Gasteiger partial charge in [-0.25, -0.2) is 0 Å². The van der Waals surface area contributed by atoms with E-state index in [1.54, 1.807) is 0 Å². The Morgan fingerprint density at radius 3 is 2.65 bits per heavy atom. The number of aromatic nitrogens is 2. The Kier molecular flexibility index (Phi) is 5.33. The van der Waals surface area contributed by atoms with Crippen molar-refractivity contribution in [3.63, 3.8) is 0 Å². The second-order valence-electron chi connectivity index (χ2n) is 5.77. The zero-order valence-corrected chi connectivity index (χ0v) is 14.1. The number of carbonyl (C=O) groups is 1. The number of thioether (sulfide) groups is 1. The lowest BCUT2D eigenvalue weighted by Gasteiger charge is -2.19. The van der Waals surface area contributed by atoms with Gasteiger partial charge in [0, 0.05) is 18.7 Å². The summed E-state index contributed by atoms with van der Waals surface area (Å²) in [7, 11) is 0. The second kappa shape index (κ2) is 7.64. The van der Waals surface area contributed by atoms with Crippen molar-refractivity contribution in [1.82, 2.24) is 15.1 Å². The Bertz CT molecular complexity index is 663. The van der Waals surface area contributed by atoms with Gasteiger partial charge in [-0.1, -0.05) is 42.8 Å². The fourth-order valence-electron chi connectivity index (χ4n) is 2.72. The molecular formula is C17H21N3O2S. The topological polar surface area (TPSA) is 59.2 Å². The number of amides is 1. The van der Waals surface area contributed by atoms with E-state index in [1.165, 1.54) is 24.6 Å². The molecule has 0 spiro atoms. The van der Waals surface area contributed by atoms with E-state index in [-0.39, 0.29) is 5.91 Å². The molecule has 3 rings (SSSR count). The van der Waals surface area contributed by atoms with Crippen molar-refractivity contribution in [3.8, 4) is 11.5 Å². The highest BCUT2D eigenvalue weighted by molar-refractivity contribution is 7.99. The summed E-state index contributed by atoms with van der Waals surface area (Å²) < 4.78 is 5.68. The summed E-state index contributed by atoms with van der Waals surface area (Å²) in [4.78, 5) is 14.2. The zero-order valence-electron chi connectivity index (χ0n) is 13.3. The number of hydrogen-bond donors (Lipinski definition) is 0. The SMILES string of the molecule is Cc1ccccc1-c1nnc(SCC(=O)N2CCCCCC2)o1. The molecule has 1 fully saturated rings. The fourth-order valence-corrected chi connectivity index (χ4v) is 3.39. The van der Waals surface area contributed by atoms with Gasteiger partial charge in [-0.15, -0.1) is 10.2 Å². The first-order valence-corrected chi connectivity index (χ1v) is 9.02. The van der Waals surface area contributed by atoms with Crippen LogP contribution in [0.5, 0.6) is 0 Å². The number of rotatable bonds is 4. The summed E-state index contributed by atoms with van der Waals surface area (Å²) >= 11 is 1.32. The Balaban J connectivity index is 1.59. The van der Waals surface area contributed by atoms with Crippen LogP contribution >= 0.6 is 11.8 Å². The zero-order chi connectivity index (χ0) is 16.1. The smallest absolute Gasteiger partial charge is 0.277 e. The molecule has 1 aliphatic rings. The molecule has 0 aliphatic carbocycles. The Labute approximate surface area is 140 Å². The molecule has 0 N–H and O–H groups in total. The summed E-state index contributed by atoms with van der Waals surface area (Å²) in [5.41, 5.74) is 2.03. The minimum atomic E-state index is 0.160. The molecule has 1 aliphatic heterocycles. The van der Waals surface area contributed by atoms with Crippen LogP contribution in [-0.2, 0) is 4.79 Å². The van der Waals surface area contributed by atoms with Crippen molar-refractivity contribution in [2.24, 2.45) is 0 Å². The van der Waals surface area contributed by atoms with Crippen LogP contribution < -0.4 is 0 Å². The highest BCUT2D eigenvalue weighted by Crippen LogP contribution is 2.25. The first-order chi connectivity index (χ1) is 11.2. The second-order valence-corrected chi connectivity index (χ2v) is 6.70. The van der Waals surface area contributed by atoms with Gasteiger partial charge < -0.3 is 9.32 Å². The molecule has 122 valence electrons. The Morgan fingerprint density at radius 1 is 1.17 bits per heavy atom. The van der Waals surface area contributed by atoms with Crippen LogP contribution in [-0.4, -0.2) is 39.8 Å². The van der Waals surface area contributed by atoms with Gasteiger partial charge in [-0.3, -0.25) is 4.79 Å². The fraction of sp³-hybridized carbons (Fsp3) is 0.471. The number of nitrogens with zero attached hydrogens (tertiary/aromatic N) is 3. The van der Waals surface area contributed by atoms with Gasteiger partial charge >= 0.3 is 0 Å². The summed E-state index contributed by atoms with van der Waals surface area (Å²) in [6.45, 7) is 3.75. The van der Waals surface area contributed by atoms with Crippen LogP contribution in [0.3, 0.4) is 0 Å². The molecule has 1 amide bonds. The monoisotopic (exact) mass is 331 g/mol. The van der Waals surface area contributed by atoms with E-state index >= 15 is 0 Å². The lowest BCUT2D eigenvalue weighted by Crippen LogP contribution is -2.33. The maximum absolute atomic E-state index is 12.3. The van der Waals surface area contributed by atoms with E-state index in [1.807, 2.05) is 36.1 Å². The predicted octanol–water partition coefficient (Wildman–Crippen LogP) is 3.54. The molecule has 1 aromatic carbocycles. The van der Waals surface area contributed by atoms with Crippen LogP contribution in [0.15, 0.2) is 33.9 Å². The van der Waals surface area contributed by atoms with Gasteiger partial charge in [0.15, 0.2) is 0 Å². The summed E-state index contributed by atoms with van der Waals surface area (Å²) in [5.74, 6) is 1.02. The maximum Gasteiger partial charge on any atom is 0.277 e. The number of carbonyl (C=O) groups excluding carboxylic acids is 1. The minimum Gasteiger partial charge on any atom is -0.411 e. The van der Waals surface area contributed by atoms with Crippen molar-refractivity contribution in [1.29, 1.82) is 0 Å². The van der Waals surface area contributed by atoms with Crippen molar-refractivity contribution >= 4 is 17.7 Å². The normalized spacial score (nSPS) is 15.4. The van der Waals surface area contributed by atoms with Crippen LogP contribution in [0.1, 0.15) is 31.2 Å². The standard InChI is InChI=1S/C17H21N3O2S/c1-13-8-4-5-9-14(13)16-18-19-17(22-16)23-12-15(21)20-10-6-2-3-7-11-20/h4-5,8-9H,2-3,6-7,10-12H2,1H3. The molecule has 5 nitrogen and oxygen atoms in total. The first kappa shape index (κ1) is 16.1. The molecule has 2 aromatic rings. The van der Waals surface area contributed by atoms with Gasteiger partial charge in [0.25, 0.3) is 5.22 Å². The first-order valence-electron chi connectivity index (χ1n) is 8.04. The van der Waals surface area contributed by atoms with Crippen molar-refractivity contribution in [2.45, 2.75) is 37.8 Å². The summed E-state index contributed by atoms with van der Waals surface area (Å²) in [6, 6.07) is 7.89. The molecule has 1 aromatic heterocycles. The van der Waals surface area contributed by atoms with E-state index in [9.17, 15) is 4.79 Å². The molecule has 1 saturated heterocycles. The minimum absolute atomic E-state index is 0.160. The molecule has 0 atom stereocenters. The van der Waals surface area contributed by atoms with Crippen LogP contribution in [0.2, 0.25) is 0 Å². The number of likely N-dealkylation sites (tertiary alicyclic amines) is 1. The van der Waals surface area contributed by atoms with E-state index in [0.29, 0.717) is 16.9 Å². The van der Waals surface area contributed by atoms with E-state index in [4.69, 9.17) is 4.42 Å². The van der Waals surface area contributed by atoms with Crippen molar-refractivity contribution in [2.75, 3.05) is 18.8 Å². The van der Waals surface area contributed by atoms with Gasteiger partial charge in [-0.05, 0) is 31.4 Å². The molecule has 2 heterocycles. The molecule has 6 heteroatoms. The molecule has 0 bridgehead atoms. The quantitative estimate of drug-likeness (QED) is 0.802. The third-order valence-electron chi connectivity index (χ3n) is 4.06. The third kappa shape index (κ3) is 4.13.